The maximum Gasteiger partial charge on any atom is 0.220 e. The van der Waals surface area contributed by atoms with Crippen LogP contribution in [0, 0.1) is 5.41 Å². The molecule has 0 aromatic carbocycles. The Labute approximate surface area is 121 Å². The third kappa shape index (κ3) is 7.78. The lowest BCUT2D eigenvalue weighted by molar-refractivity contribution is -0.125. The first-order chi connectivity index (χ1) is 9.20. The zero-order chi connectivity index (χ0) is 15.8. The highest BCUT2D eigenvalue weighted by Gasteiger charge is 2.25. The van der Waals surface area contributed by atoms with Gasteiger partial charge in [0.1, 0.15) is 6.29 Å². The number of nitrogens with zero attached hydrogens (tertiary/aromatic N) is 1. The molecular formula is C14H28N4O2. The van der Waals surface area contributed by atoms with Gasteiger partial charge in [0.05, 0.1) is 6.04 Å². The van der Waals surface area contributed by atoms with Gasteiger partial charge in [-0.3, -0.25) is 4.79 Å². The topological polar surface area (TPSA) is 101 Å². The van der Waals surface area contributed by atoms with Crippen LogP contribution in [0.15, 0.2) is 11.9 Å². The number of carbonyl (C=O) groups excluding carboxylic acids is 2. The molecule has 1 amide bonds. The molecular weight excluding hydrogens is 256 g/mol. The summed E-state index contributed by atoms with van der Waals surface area (Å²) in [4.78, 5) is 22.7. The molecule has 0 aliphatic carbocycles. The number of rotatable bonds is 8. The van der Waals surface area contributed by atoms with Gasteiger partial charge in [-0.2, -0.15) is 0 Å². The molecule has 0 aromatic rings. The van der Waals surface area contributed by atoms with Crippen molar-refractivity contribution in [2.24, 2.45) is 17.0 Å². The summed E-state index contributed by atoms with van der Waals surface area (Å²) in [5.74, 6) is 5.58. The molecule has 20 heavy (non-hydrogen) atoms. The van der Waals surface area contributed by atoms with Crippen LogP contribution >= 0.6 is 0 Å². The number of nitrogens with one attached hydrogen (secondary N) is 1. The number of allylic oxidation sites excluding steroid dienone is 1. The van der Waals surface area contributed by atoms with Crippen LogP contribution in [-0.4, -0.2) is 29.8 Å². The maximum atomic E-state index is 11.7. The van der Waals surface area contributed by atoms with Gasteiger partial charge < -0.3 is 20.9 Å². The molecule has 0 saturated heterocycles. The smallest absolute Gasteiger partial charge is 0.220 e. The van der Waals surface area contributed by atoms with Crippen molar-refractivity contribution in [2.45, 2.75) is 53.0 Å². The third-order valence-electron chi connectivity index (χ3n) is 2.95. The molecule has 116 valence electrons. The van der Waals surface area contributed by atoms with Crippen molar-refractivity contribution in [3.63, 3.8) is 0 Å². The Bertz CT molecular complexity index is 348. The Kier molecular flexibility index (Phi) is 7.91. The summed E-state index contributed by atoms with van der Waals surface area (Å²) in [7, 11) is 0. The van der Waals surface area contributed by atoms with E-state index in [1.165, 1.54) is 5.01 Å². The predicted octanol–water partition coefficient (Wildman–Crippen LogP) is 0.882. The normalized spacial score (nSPS) is 13.8. The number of hydrogen-bond acceptors (Lipinski definition) is 5. The van der Waals surface area contributed by atoms with E-state index >= 15 is 0 Å². The zero-order valence-electron chi connectivity index (χ0n) is 13.0. The summed E-state index contributed by atoms with van der Waals surface area (Å²) in [6.07, 6.45) is 4.11. The first kappa shape index (κ1) is 18.4. The van der Waals surface area contributed by atoms with Crippen molar-refractivity contribution in [3.05, 3.63) is 11.9 Å². The summed E-state index contributed by atoms with van der Waals surface area (Å²) in [5.41, 5.74) is 6.08. The van der Waals surface area contributed by atoms with Gasteiger partial charge in [0.15, 0.2) is 0 Å². The second kappa shape index (κ2) is 8.58. The monoisotopic (exact) mass is 284 g/mol. The van der Waals surface area contributed by atoms with Gasteiger partial charge in [-0.05, 0) is 18.3 Å². The van der Waals surface area contributed by atoms with Crippen LogP contribution in [0.3, 0.4) is 0 Å². The Morgan fingerprint density at radius 2 is 2.00 bits per heavy atom. The first-order valence-corrected chi connectivity index (χ1v) is 6.92. The summed E-state index contributed by atoms with van der Waals surface area (Å²) in [6, 6.07) is -0.473. The van der Waals surface area contributed by atoms with E-state index in [-0.39, 0.29) is 11.3 Å². The van der Waals surface area contributed by atoms with E-state index in [0.717, 1.165) is 12.7 Å². The van der Waals surface area contributed by atoms with E-state index in [0.29, 0.717) is 25.1 Å². The minimum atomic E-state index is -0.473. The Morgan fingerprint density at radius 1 is 1.40 bits per heavy atom. The summed E-state index contributed by atoms with van der Waals surface area (Å²) in [5, 5.41) is 4.21. The summed E-state index contributed by atoms with van der Waals surface area (Å²) < 4.78 is 0. The van der Waals surface area contributed by atoms with E-state index in [4.69, 9.17) is 11.6 Å². The molecule has 0 fully saturated rings. The van der Waals surface area contributed by atoms with E-state index in [1.807, 2.05) is 27.7 Å². The highest BCUT2D eigenvalue weighted by Crippen LogP contribution is 2.17. The van der Waals surface area contributed by atoms with E-state index in [9.17, 15) is 9.59 Å². The molecule has 0 aliphatic rings. The lowest BCUT2D eigenvalue weighted by Crippen LogP contribution is -2.45. The van der Waals surface area contributed by atoms with Crippen molar-refractivity contribution in [1.29, 1.82) is 0 Å². The lowest BCUT2D eigenvalue weighted by atomic mass is 9.87. The molecule has 0 bridgehead atoms. The number of carbonyl (C=O) groups is 2. The van der Waals surface area contributed by atoms with Crippen LogP contribution in [0.4, 0.5) is 0 Å². The Hall–Kier alpha value is -1.56. The molecule has 1 atom stereocenters. The number of hydrazine groups is 1. The lowest BCUT2D eigenvalue weighted by Gasteiger charge is -2.26. The molecule has 0 radical (unpaired) electrons. The van der Waals surface area contributed by atoms with Crippen LogP contribution in [0.25, 0.3) is 0 Å². The molecule has 0 aliphatic heterocycles. The van der Waals surface area contributed by atoms with Gasteiger partial charge >= 0.3 is 0 Å². The molecule has 1 unspecified atom stereocenters. The molecule has 5 N–H and O–H groups in total. The van der Waals surface area contributed by atoms with Crippen molar-refractivity contribution in [2.75, 3.05) is 6.54 Å². The molecule has 0 aromatic heterocycles. The van der Waals surface area contributed by atoms with Crippen LogP contribution in [0.1, 0.15) is 47.0 Å². The minimum absolute atomic E-state index is 0.141. The number of aldehydes is 1. The maximum absolute atomic E-state index is 11.7. The van der Waals surface area contributed by atoms with Crippen LogP contribution in [0.2, 0.25) is 0 Å². The van der Waals surface area contributed by atoms with Gasteiger partial charge in [-0.1, -0.05) is 27.7 Å². The average molecular weight is 284 g/mol. The molecule has 6 heteroatoms. The van der Waals surface area contributed by atoms with Crippen molar-refractivity contribution >= 4 is 12.2 Å². The van der Waals surface area contributed by atoms with Crippen LogP contribution < -0.4 is 16.9 Å². The average Bonchev–Trinajstić information content (AvgIpc) is 2.34. The third-order valence-corrected chi connectivity index (χ3v) is 2.95. The highest BCUT2D eigenvalue weighted by molar-refractivity contribution is 5.79. The van der Waals surface area contributed by atoms with Gasteiger partial charge in [-0.15, -0.1) is 0 Å². The minimum Gasteiger partial charge on any atom is -0.401 e. The van der Waals surface area contributed by atoms with Crippen molar-refractivity contribution in [3.8, 4) is 0 Å². The predicted molar refractivity (Wildman–Crippen MR) is 80.1 cm³/mol. The fraction of sp³-hybridized carbons (Fsp3) is 0.714. The van der Waals surface area contributed by atoms with E-state index in [2.05, 4.69) is 5.32 Å². The van der Waals surface area contributed by atoms with E-state index < -0.39 is 6.04 Å². The number of hydrogen-bond donors (Lipinski definition) is 3. The molecule has 0 rings (SSSR count). The Morgan fingerprint density at radius 3 is 2.45 bits per heavy atom. The molecule has 0 spiro atoms. The van der Waals surface area contributed by atoms with E-state index in [1.54, 1.807) is 6.20 Å². The second-order valence-corrected chi connectivity index (χ2v) is 5.95. The Balaban J connectivity index is 4.09. The number of amides is 1. The quantitative estimate of drug-likeness (QED) is 0.349. The van der Waals surface area contributed by atoms with Gasteiger partial charge in [0.2, 0.25) is 5.91 Å². The van der Waals surface area contributed by atoms with Gasteiger partial charge in [0.25, 0.3) is 0 Å². The van der Waals surface area contributed by atoms with Crippen molar-refractivity contribution in [1.82, 2.24) is 10.3 Å². The van der Waals surface area contributed by atoms with Crippen molar-refractivity contribution < 1.29 is 9.59 Å². The standard InChI is InChI=1S/C14H28N4O2/c1-5-11(15)9-18(16)8-6-7-13(20)17-12(10-19)14(2,3)4/h9-10,12H,5-8,15-16H2,1-4H3,(H,17,20)/b11-9-. The molecule has 0 heterocycles. The fourth-order valence-electron chi connectivity index (χ4n) is 1.49. The van der Waals surface area contributed by atoms with Crippen LogP contribution in [-0.2, 0) is 9.59 Å². The van der Waals surface area contributed by atoms with Gasteiger partial charge in [0, 0.05) is 24.9 Å². The fourth-order valence-corrected chi connectivity index (χ4v) is 1.49. The zero-order valence-corrected chi connectivity index (χ0v) is 13.0. The first-order valence-electron chi connectivity index (χ1n) is 6.92. The van der Waals surface area contributed by atoms with Gasteiger partial charge in [-0.25, -0.2) is 5.84 Å². The summed E-state index contributed by atoms with van der Waals surface area (Å²) >= 11 is 0. The summed E-state index contributed by atoms with van der Waals surface area (Å²) in [6.45, 7) is 8.21. The number of nitrogens with two attached hydrogens (primary N) is 2. The highest BCUT2D eigenvalue weighted by atomic mass is 16.2. The molecule has 6 nitrogen and oxygen atoms in total. The second-order valence-electron chi connectivity index (χ2n) is 5.95. The SMILES string of the molecule is CC/C(N)=C/N(N)CCCC(=O)NC(C=O)C(C)(C)C. The largest absolute Gasteiger partial charge is 0.401 e. The van der Waals surface area contributed by atoms with Crippen LogP contribution in [0.5, 0.6) is 0 Å². The molecule has 0 saturated carbocycles.